The molecular formula is C8H8Cl2N4. The number of rotatable bonds is 1. The summed E-state index contributed by atoms with van der Waals surface area (Å²) in [7, 11) is 0. The van der Waals surface area contributed by atoms with E-state index < -0.39 is 0 Å². The second kappa shape index (κ2) is 3.37. The predicted molar refractivity (Wildman–Crippen MR) is 55.8 cm³/mol. The van der Waals surface area contributed by atoms with Crippen molar-refractivity contribution in [2.75, 3.05) is 0 Å². The van der Waals surface area contributed by atoms with Crippen molar-refractivity contribution >= 4 is 34.4 Å². The van der Waals surface area contributed by atoms with Gasteiger partial charge in [0.1, 0.15) is 11.3 Å². The van der Waals surface area contributed by atoms with Crippen LogP contribution < -0.4 is 0 Å². The van der Waals surface area contributed by atoms with E-state index in [4.69, 9.17) is 23.2 Å². The Hall–Kier alpha value is -0.870. The van der Waals surface area contributed by atoms with E-state index in [9.17, 15) is 0 Å². The largest absolute Gasteiger partial charge is 0.326 e. The van der Waals surface area contributed by atoms with Crippen molar-refractivity contribution in [3.8, 4) is 0 Å². The van der Waals surface area contributed by atoms with Gasteiger partial charge in [-0.15, -0.1) is 0 Å². The quantitative estimate of drug-likeness (QED) is 0.606. The average molecular weight is 231 g/mol. The van der Waals surface area contributed by atoms with Crippen LogP contribution in [0.5, 0.6) is 0 Å². The van der Waals surface area contributed by atoms with Gasteiger partial charge >= 0.3 is 0 Å². The van der Waals surface area contributed by atoms with E-state index in [1.54, 1.807) is 0 Å². The molecule has 0 aliphatic heterocycles. The Balaban J connectivity index is 2.70. The van der Waals surface area contributed by atoms with Crippen molar-refractivity contribution in [2.24, 2.45) is 0 Å². The maximum absolute atomic E-state index is 5.86. The molecule has 0 bridgehead atoms. The highest BCUT2D eigenvalue weighted by Gasteiger charge is 2.11. The highest BCUT2D eigenvalue weighted by atomic mass is 35.5. The molecule has 2 aromatic heterocycles. The molecule has 2 rings (SSSR count). The molecule has 2 aromatic rings. The molecule has 1 N–H and O–H groups in total. The Morgan fingerprint density at radius 3 is 2.50 bits per heavy atom. The summed E-state index contributed by atoms with van der Waals surface area (Å²) in [6.45, 7) is 4.06. The number of aromatic amines is 1. The summed E-state index contributed by atoms with van der Waals surface area (Å²) >= 11 is 11.5. The fourth-order valence-electron chi connectivity index (χ4n) is 1.13. The highest BCUT2D eigenvalue weighted by Crippen LogP contribution is 2.22. The molecule has 14 heavy (non-hydrogen) atoms. The molecule has 74 valence electrons. The number of hydrogen-bond donors (Lipinski definition) is 1. The number of fused-ring (bicyclic) bond motifs is 1. The van der Waals surface area contributed by atoms with E-state index in [0.717, 1.165) is 5.82 Å². The van der Waals surface area contributed by atoms with Crippen LogP contribution in [0.1, 0.15) is 25.6 Å². The van der Waals surface area contributed by atoms with E-state index >= 15 is 0 Å². The van der Waals surface area contributed by atoms with Gasteiger partial charge in [0.15, 0.2) is 10.8 Å². The van der Waals surface area contributed by atoms with Crippen molar-refractivity contribution in [2.45, 2.75) is 19.8 Å². The van der Waals surface area contributed by atoms with Crippen molar-refractivity contribution in [1.82, 2.24) is 19.9 Å². The zero-order valence-electron chi connectivity index (χ0n) is 7.67. The minimum absolute atomic E-state index is 0.126. The van der Waals surface area contributed by atoms with Crippen molar-refractivity contribution in [1.29, 1.82) is 0 Å². The number of H-pyrrole nitrogens is 1. The average Bonchev–Trinajstić information content (AvgIpc) is 2.47. The monoisotopic (exact) mass is 230 g/mol. The number of nitrogens with one attached hydrogen (secondary N) is 1. The van der Waals surface area contributed by atoms with Gasteiger partial charge in [0, 0.05) is 5.92 Å². The molecule has 0 fully saturated rings. The van der Waals surface area contributed by atoms with Gasteiger partial charge in [-0.25, -0.2) is 9.97 Å². The van der Waals surface area contributed by atoms with Crippen LogP contribution >= 0.6 is 23.2 Å². The van der Waals surface area contributed by atoms with E-state index in [1.807, 2.05) is 13.8 Å². The van der Waals surface area contributed by atoms with Crippen LogP contribution in [-0.4, -0.2) is 19.9 Å². The number of aromatic nitrogens is 4. The van der Waals surface area contributed by atoms with Gasteiger partial charge in [0.25, 0.3) is 0 Å². The maximum atomic E-state index is 5.86. The third kappa shape index (κ3) is 1.55. The van der Waals surface area contributed by atoms with Crippen LogP contribution in [0.15, 0.2) is 0 Å². The first kappa shape index (κ1) is 9.68. The second-order valence-electron chi connectivity index (χ2n) is 3.26. The molecule has 0 atom stereocenters. The van der Waals surface area contributed by atoms with Gasteiger partial charge in [-0.3, -0.25) is 0 Å². The molecule has 0 aliphatic rings. The first-order chi connectivity index (χ1) is 6.58. The Bertz CT molecular complexity index is 477. The Morgan fingerprint density at radius 1 is 1.14 bits per heavy atom. The second-order valence-corrected chi connectivity index (χ2v) is 3.95. The number of halogens is 2. The zero-order chi connectivity index (χ0) is 10.3. The van der Waals surface area contributed by atoms with Crippen molar-refractivity contribution < 1.29 is 0 Å². The van der Waals surface area contributed by atoms with Gasteiger partial charge < -0.3 is 4.98 Å². The smallest absolute Gasteiger partial charge is 0.225 e. The van der Waals surface area contributed by atoms with Crippen molar-refractivity contribution in [3.63, 3.8) is 0 Å². The van der Waals surface area contributed by atoms with E-state index in [1.165, 1.54) is 0 Å². The number of nitrogens with zero attached hydrogens (tertiary/aromatic N) is 3. The summed E-state index contributed by atoms with van der Waals surface area (Å²) < 4.78 is 0. The van der Waals surface area contributed by atoms with Crippen LogP contribution in [0.4, 0.5) is 0 Å². The van der Waals surface area contributed by atoms with Crippen LogP contribution in [0, 0.1) is 0 Å². The first-order valence-corrected chi connectivity index (χ1v) is 4.92. The van der Waals surface area contributed by atoms with Gasteiger partial charge in [-0.2, -0.15) is 4.98 Å². The van der Waals surface area contributed by atoms with Gasteiger partial charge in [0.2, 0.25) is 5.28 Å². The Kier molecular flexibility index (Phi) is 2.33. The fourth-order valence-corrected chi connectivity index (χ4v) is 1.56. The maximum Gasteiger partial charge on any atom is 0.225 e. The lowest BCUT2D eigenvalue weighted by atomic mass is 10.2. The molecule has 0 aromatic carbocycles. The summed E-state index contributed by atoms with van der Waals surface area (Å²) in [6, 6.07) is 0. The first-order valence-electron chi connectivity index (χ1n) is 4.16. The lowest BCUT2D eigenvalue weighted by molar-refractivity contribution is 0.798. The van der Waals surface area contributed by atoms with Crippen molar-refractivity contribution in [3.05, 3.63) is 16.3 Å². The molecule has 0 saturated carbocycles. The molecular weight excluding hydrogens is 223 g/mol. The normalized spacial score (nSPS) is 11.5. The summed E-state index contributed by atoms with van der Waals surface area (Å²) in [4.78, 5) is 15.1. The minimum atomic E-state index is 0.126. The molecule has 0 radical (unpaired) electrons. The van der Waals surface area contributed by atoms with Crippen LogP contribution in [0.25, 0.3) is 11.2 Å². The molecule has 6 heteroatoms. The topological polar surface area (TPSA) is 54.5 Å². The third-order valence-electron chi connectivity index (χ3n) is 1.84. The molecule has 0 aliphatic carbocycles. The lowest BCUT2D eigenvalue weighted by Gasteiger charge is -1.95. The lowest BCUT2D eigenvalue weighted by Crippen LogP contribution is -1.88. The van der Waals surface area contributed by atoms with E-state index in [0.29, 0.717) is 17.1 Å². The molecule has 0 unspecified atom stereocenters. The van der Waals surface area contributed by atoms with Gasteiger partial charge in [0.05, 0.1) is 0 Å². The SMILES string of the molecule is CC(C)c1nc2c(Cl)nc(Cl)nc2[nH]1. The number of imidazole rings is 1. The summed E-state index contributed by atoms with van der Waals surface area (Å²) in [5, 5.41) is 0.407. The van der Waals surface area contributed by atoms with Crippen LogP contribution in [0.2, 0.25) is 10.4 Å². The minimum Gasteiger partial charge on any atom is -0.326 e. The zero-order valence-corrected chi connectivity index (χ0v) is 9.19. The number of hydrogen-bond acceptors (Lipinski definition) is 3. The summed E-state index contributed by atoms with van der Waals surface area (Å²) in [6.07, 6.45) is 0. The molecule has 4 nitrogen and oxygen atoms in total. The molecule has 2 heterocycles. The van der Waals surface area contributed by atoms with Gasteiger partial charge in [-0.05, 0) is 11.6 Å². The Labute approximate surface area is 90.7 Å². The molecule has 0 amide bonds. The third-order valence-corrected chi connectivity index (χ3v) is 2.27. The summed E-state index contributed by atoms with van der Waals surface area (Å²) in [5.74, 6) is 1.12. The predicted octanol–water partition coefficient (Wildman–Crippen LogP) is 2.78. The van der Waals surface area contributed by atoms with E-state index in [2.05, 4.69) is 19.9 Å². The molecule has 0 spiro atoms. The van der Waals surface area contributed by atoms with Crippen LogP contribution in [-0.2, 0) is 0 Å². The Morgan fingerprint density at radius 2 is 1.86 bits per heavy atom. The highest BCUT2D eigenvalue weighted by molar-refractivity contribution is 6.35. The van der Waals surface area contributed by atoms with E-state index in [-0.39, 0.29) is 10.4 Å². The standard InChI is InChI=1S/C8H8Cl2N4/c1-3(2)6-11-4-5(9)12-8(10)14-7(4)13-6/h3H,1-2H3,(H,11,12,13,14). The van der Waals surface area contributed by atoms with Crippen LogP contribution in [0.3, 0.4) is 0 Å². The summed E-state index contributed by atoms with van der Waals surface area (Å²) in [5.41, 5.74) is 1.15. The molecule has 0 saturated heterocycles. The fraction of sp³-hybridized carbons (Fsp3) is 0.375. The van der Waals surface area contributed by atoms with Gasteiger partial charge in [-0.1, -0.05) is 25.4 Å².